The molecule has 0 saturated carbocycles. The van der Waals surface area contributed by atoms with Gasteiger partial charge in [-0.1, -0.05) is 0 Å². The van der Waals surface area contributed by atoms with Crippen LogP contribution in [0.1, 0.15) is 30.6 Å². The maximum absolute atomic E-state index is 12.4. The molecule has 0 bridgehead atoms. The van der Waals surface area contributed by atoms with E-state index >= 15 is 0 Å². The molecule has 1 aromatic carbocycles. The van der Waals surface area contributed by atoms with Gasteiger partial charge in [-0.05, 0) is 32.0 Å². The average Bonchev–Trinajstić information content (AvgIpc) is 2.72. The van der Waals surface area contributed by atoms with Gasteiger partial charge in [0.15, 0.2) is 0 Å². The summed E-state index contributed by atoms with van der Waals surface area (Å²) in [6.07, 6.45) is 2.60. The Kier molecular flexibility index (Phi) is 7.45. The molecule has 1 aliphatic heterocycles. The standard InChI is InChI=1S/C21H29N3O4/c1-3-27-16-6-7-19-17(14-16)20(18(15-23-19)21(25)28-4-2)22-8-5-9-24-10-12-26-13-11-24/h6-7,14-15H,3-5,8-13H2,1-2H3,(H,22,23)/p+1. The van der Waals surface area contributed by atoms with Crippen molar-refractivity contribution in [1.82, 2.24) is 4.98 Å². The summed E-state index contributed by atoms with van der Waals surface area (Å²) in [5, 5.41) is 4.33. The fourth-order valence-electron chi connectivity index (χ4n) is 3.44. The highest BCUT2D eigenvalue weighted by atomic mass is 16.5. The van der Waals surface area contributed by atoms with Crippen molar-refractivity contribution in [3.05, 3.63) is 30.0 Å². The van der Waals surface area contributed by atoms with Crippen molar-refractivity contribution >= 4 is 22.6 Å². The van der Waals surface area contributed by atoms with Crippen LogP contribution in [0.25, 0.3) is 10.9 Å². The normalized spacial score (nSPS) is 14.8. The molecule has 2 aromatic rings. The minimum Gasteiger partial charge on any atom is -0.494 e. The van der Waals surface area contributed by atoms with E-state index in [4.69, 9.17) is 14.2 Å². The second kappa shape index (κ2) is 10.2. The van der Waals surface area contributed by atoms with Crippen LogP contribution in [0.3, 0.4) is 0 Å². The SMILES string of the molecule is CCOC(=O)c1cnc2ccc(OCC)cc2c1NCCC[NH+]1CCOCC1. The van der Waals surface area contributed by atoms with Gasteiger partial charge >= 0.3 is 5.97 Å². The second-order valence-electron chi connectivity index (χ2n) is 6.77. The van der Waals surface area contributed by atoms with Crippen LogP contribution in [0, 0.1) is 0 Å². The second-order valence-corrected chi connectivity index (χ2v) is 6.77. The van der Waals surface area contributed by atoms with Crippen LogP contribution >= 0.6 is 0 Å². The Bertz CT molecular complexity index is 791. The molecule has 1 fully saturated rings. The fraction of sp³-hybridized carbons (Fsp3) is 0.524. The highest BCUT2D eigenvalue weighted by Crippen LogP contribution is 2.30. The van der Waals surface area contributed by atoms with Gasteiger partial charge in [-0.2, -0.15) is 0 Å². The zero-order valence-corrected chi connectivity index (χ0v) is 16.8. The Morgan fingerprint density at radius 2 is 2.07 bits per heavy atom. The van der Waals surface area contributed by atoms with Gasteiger partial charge in [-0.25, -0.2) is 4.79 Å². The van der Waals surface area contributed by atoms with Crippen molar-refractivity contribution in [2.45, 2.75) is 20.3 Å². The number of fused-ring (bicyclic) bond motifs is 1. The summed E-state index contributed by atoms with van der Waals surface area (Å²) < 4.78 is 16.3. The van der Waals surface area contributed by atoms with E-state index in [0.29, 0.717) is 18.8 Å². The number of rotatable bonds is 9. The molecule has 1 saturated heterocycles. The summed E-state index contributed by atoms with van der Waals surface area (Å²) in [6.45, 7) is 10.3. The summed E-state index contributed by atoms with van der Waals surface area (Å²) in [6, 6.07) is 5.75. The number of hydrogen-bond donors (Lipinski definition) is 2. The van der Waals surface area contributed by atoms with Gasteiger partial charge in [0, 0.05) is 24.5 Å². The molecule has 0 unspecified atom stereocenters. The number of nitrogens with zero attached hydrogens (tertiary/aromatic N) is 1. The number of hydrogen-bond acceptors (Lipinski definition) is 6. The zero-order chi connectivity index (χ0) is 19.8. The van der Waals surface area contributed by atoms with Crippen LogP contribution in [0.4, 0.5) is 5.69 Å². The van der Waals surface area contributed by atoms with Crippen molar-refractivity contribution in [2.24, 2.45) is 0 Å². The van der Waals surface area contributed by atoms with Crippen LogP contribution in [0.15, 0.2) is 24.4 Å². The number of ether oxygens (including phenoxy) is 3. The van der Waals surface area contributed by atoms with Crippen molar-refractivity contribution in [3.63, 3.8) is 0 Å². The molecule has 0 spiro atoms. The Labute approximate surface area is 166 Å². The molecule has 1 aromatic heterocycles. The smallest absolute Gasteiger partial charge is 0.341 e. The van der Waals surface area contributed by atoms with Crippen LogP contribution in [0.2, 0.25) is 0 Å². The predicted molar refractivity (Wildman–Crippen MR) is 108 cm³/mol. The molecule has 0 aliphatic carbocycles. The summed E-state index contributed by atoms with van der Waals surface area (Å²) in [7, 11) is 0. The van der Waals surface area contributed by atoms with Gasteiger partial charge in [0.25, 0.3) is 0 Å². The van der Waals surface area contributed by atoms with Gasteiger partial charge in [0.05, 0.1) is 44.2 Å². The molecule has 7 nitrogen and oxygen atoms in total. The third-order valence-corrected chi connectivity index (χ3v) is 4.85. The van der Waals surface area contributed by atoms with Gasteiger partial charge in [-0.3, -0.25) is 4.98 Å². The summed E-state index contributed by atoms with van der Waals surface area (Å²) >= 11 is 0. The molecule has 2 N–H and O–H groups in total. The number of carbonyl (C=O) groups is 1. The Morgan fingerprint density at radius 1 is 1.25 bits per heavy atom. The van der Waals surface area contributed by atoms with Gasteiger partial charge < -0.3 is 24.4 Å². The van der Waals surface area contributed by atoms with Crippen LogP contribution in [-0.4, -0.2) is 63.6 Å². The first kappa shape index (κ1) is 20.4. The number of anilines is 1. The largest absolute Gasteiger partial charge is 0.494 e. The minimum absolute atomic E-state index is 0.329. The van der Waals surface area contributed by atoms with Crippen molar-refractivity contribution in [2.75, 3.05) is 57.9 Å². The third kappa shape index (κ3) is 5.11. The van der Waals surface area contributed by atoms with Crippen molar-refractivity contribution in [1.29, 1.82) is 0 Å². The van der Waals surface area contributed by atoms with E-state index in [9.17, 15) is 4.79 Å². The highest BCUT2D eigenvalue weighted by Gasteiger charge is 2.18. The number of esters is 1. The van der Waals surface area contributed by atoms with E-state index in [1.165, 1.54) is 0 Å². The van der Waals surface area contributed by atoms with E-state index in [-0.39, 0.29) is 5.97 Å². The number of benzene rings is 1. The monoisotopic (exact) mass is 388 g/mol. The van der Waals surface area contributed by atoms with Crippen molar-refractivity contribution in [3.8, 4) is 5.75 Å². The minimum atomic E-state index is -0.361. The number of quaternary nitrogens is 1. The molecule has 28 heavy (non-hydrogen) atoms. The third-order valence-electron chi connectivity index (χ3n) is 4.85. The lowest BCUT2D eigenvalue weighted by Crippen LogP contribution is -3.14. The number of aromatic nitrogens is 1. The number of carbonyl (C=O) groups excluding carboxylic acids is 1. The molecular formula is C21H30N3O4+. The lowest BCUT2D eigenvalue weighted by Gasteiger charge is -2.23. The van der Waals surface area contributed by atoms with E-state index in [1.54, 1.807) is 18.0 Å². The van der Waals surface area contributed by atoms with Gasteiger partial charge in [-0.15, -0.1) is 0 Å². The average molecular weight is 388 g/mol. The molecule has 0 amide bonds. The molecule has 3 rings (SSSR count). The number of morpholine rings is 1. The number of nitrogens with one attached hydrogen (secondary N) is 2. The van der Waals surface area contributed by atoms with Gasteiger partial charge in [0.1, 0.15) is 24.4 Å². The topological polar surface area (TPSA) is 74.1 Å². The van der Waals surface area contributed by atoms with E-state index in [1.807, 2.05) is 25.1 Å². The number of pyridine rings is 1. The van der Waals surface area contributed by atoms with Gasteiger partial charge in [0.2, 0.25) is 0 Å². The lowest BCUT2D eigenvalue weighted by atomic mass is 10.1. The Hall–Kier alpha value is -2.38. The lowest BCUT2D eigenvalue weighted by molar-refractivity contribution is -0.908. The maximum atomic E-state index is 12.4. The maximum Gasteiger partial charge on any atom is 0.341 e. The van der Waals surface area contributed by atoms with Crippen molar-refractivity contribution < 1.29 is 23.9 Å². The van der Waals surface area contributed by atoms with Crippen LogP contribution in [-0.2, 0) is 9.47 Å². The molecule has 1 aliphatic rings. The first-order valence-corrected chi connectivity index (χ1v) is 10.1. The summed E-state index contributed by atoms with van der Waals surface area (Å²) in [5.41, 5.74) is 2.04. The molecule has 2 heterocycles. The quantitative estimate of drug-likeness (QED) is 0.501. The molecule has 0 radical (unpaired) electrons. The molecule has 152 valence electrons. The summed E-state index contributed by atoms with van der Waals surface area (Å²) in [5.74, 6) is 0.402. The first-order valence-electron chi connectivity index (χ1n) is 10.1. The van der Waals surface area contributed by atoms with E-state index in [2.05, 4.69) is 10.3 Å². The zero-order valence-electron chi connectivity index (χ0n) is 16.8. The van der Waals surface area contributed by atoms with Crippen LogP contribution < -0.4 is 15.0 Å². The van der Waals surface area contributed by atoms with E-state index in [0.717, 1.165) is 68.2 Å². The Balaban J connectivity index is 1.79. The Morgan fingerprint density at radius 3 is 2.82 bits per heavy atom. The molecule has 7 heteroatoms. The molecule has 0 atom stereocenters. The summed E-state index contributed by atoms with van der Waals surface area (Å²) in [4.78, 5) is 18.4. The van der Waals surface area contributed by atoms with E-state index < -0.39 is 0 Å². The highest BCUT2D eigenvalue weighted by molar-refractivity contribution is 6.05. The first-order chi connectivity index (χ1) is 13.7. The fourth-order valence-corrected chi connectivity index (χ4v) is 3.44. The molecular weight excluding hydrogens is 358 g/mol. The predicted octanol–water partition coefficient (Wildman–Crippen LogP) is 1.53. The van der Waals surface area contributed by atoms with Crippen LogP contribution in [0.5, 0.6) is 5.75 Å².